The van der Waals surface area contributed by atoms with Crippen LogP contribution in [0.3, 0.4) is 0 Å². The molecule has 0 fully saturated rings. The molecule has 0 saturated carbocycles. The molecule has 9 heteroatoms. The van der Waals surface area contributed by atoms with E-state index in [1.165, 1.54) is 29.2 Å². The summed E-state index contributed by atoms with van der Waals surface area (Å²) in [5, 5.41) is 12.0. The molecule has 0 spiro atoms. The number of ether oxygens (including phenoxy) is 2. The molecule has 1 heterocycles. The van der Waals surface area contributed by atoms with Crippen molar-refractivity contribution >= 4 is 51.8 Å². The fourth-order valence-corrected chi connectivity index (χ4v) is 4.28. The van der Waals surface area contributed by atoms with Crippen LogP contribution < -0.4 is 14.8 Å². The normalized spacial score (nSPS) is 10.9. The second-order valence-electron chi connectivity index (χ2n) is 5.73. The molecule has 1 N–H and O–H groups in total. The highest BCUT2D eigenvalue weighted by molar-refractivity contribution is 8.00. The van der Waals surface area contributed by atoms with E-state index in [1.807, 2.05) is 30.3 Å². The largest absolute Gasteiger partial charge is 0.493 e. The van der Waals surface area contributed by atoms with Crippen molar-refractivity contribution in [3.05, 3.63) is 64.7 Å². The summed E-state index contributed by atoms with van der Waals surface area (Å²) in [6.45, 7) is 0. The monoisotopic (exact) mass is 447 g/mol. The Balaban J connectivity index is 1.55. The summed E-state index contributed by atoms with van der Waals surface area (Å²) < 4.78 is 11.2. The Morgan fingerprint density at radius 3 is 2.76 bits per heavy atom. The van der Waals surface area contributed by atoms with Crippen LogP contribution in [0.1, 0.15) is 11.1 Å². The van der Waals surface area contributed by atoms with Crippen LogP contribution in [-0.4, -0.2) is 30.3 Å². The van der Waals surface area contributed by atoms with Crippen LogP contribution in [0.25, 0.3) is 6.08 Å². The maximum Gasteiger partial charge on any atom is 0.250 e. The number of thioether (sulfide) groups is 1. The van der Waals surface area contributed by atoms with Crippen molar-refractivity contribution in [3.8, 4) is 11.5 Å². The van der Waals surface area contributed by atoms with E-state index in [0.717, 1.165) is 21.2 Å². The molecule has 2 aromatic carbocycles. The zero-order valence-corrected chi connectivity index (χ0v) is 18.1. The molecule has 1 aromatic heterocycles. The molecule has 0 aliphatic heterocycles. The summed E-state index contributed by atoms with van der Waals surface area (Å²) in [4.78, 5) is 12.2. The molecule has 150 valence electrons. The Morgan fingerprint density at radius 1 is 1.17 bits per heavy atom. The molecule has 1 amide bonds. The highest BCUT2D eigenvalue weighted by Crippen LogP contribution is 2.29. The summed E-state index contributed by atoms with van der Waals surface area (Å²) in [7, 11) is 3.14. The van der Waals surface area contributed by atoms with Crippen LogP contribution >= 0.6 is 34.7 Å². The predicted octanol–water partition coefficient (Wildman–Crippen LogP) is 5.15. The van der Waals surface area contributed by atoms with Gasteiger partial charge in [0.05, 0.1) is 14.2 Å². The number of halogens is 1. The third kappa shape index (κ3) is 6.22. The molecule has 0 unspecified atom stereocenters. The van der Waals surface area contributed by atoms with Gasteiger partial charge in [0.1, 0.15) is 0 Å². The van der Waals surface area contributed by atoms with Crippen LogP contribution in [0, 0.1) is 0 Å². The number of benzene rings is 2. The zero-order chi connectivity index (χ0) is 20.6. The number of hydrogen-bond acceptors (Lipinski definition) is 7. The highest BCUT2D eigenvalue weighted by Gasteiger charge is 2.08. The van der Waals surface area contributed by atoms with Crippen molar-refractivity contribution in [1.82, 2.24) is 10.2 Å². The van der Waals surface area contributed by atoms with Gasteiger partial charge in [0, 0.05) is 16.9 Å². The molecule has 0 atom stereocenters. The van der Waals surface area contributed by atoms with Crippen LogP contribution in [0.15, 0.2) is 52.9 Å². The SMILES string of the molecule is COc1ccc(/C=C/C(=O)Nc2nnc(SCc3cccc(Cl)c3)s2)cc1OC. The van der Waals surface area contributed by atoms with Crippen LogP contribution in [-0.2, 0) is 10.5 Å². The zero-order valence-electron chi connectivity index (χ0n) is 15.7. The van der Waals surface area contributed by atoms with E-state index < -0.39 is 0 Å². The van der Waals surface area contributed by atoms with Crippen molar-refractivity contribution in [2.75, 3.05) is 19.5 Å². The molecule has 3 rings (SSSR count). The fourth-order valence-electron chi connectivity index (χ4n) is 2.37. The lowest BCUT2D eigenvalue weighted by Gasteiger charge is -2.07. The highest BCUT2D eigenvalue weighted by atomic mass is 35.5. The number of rotatable bonds is 8. The van der Waals surface area contributed by atoms with Gasteiger partial charge in [-0.25, -0.2) is 0 Å². The third-order valence-electron chi connectivity index (χ3n) is 3.72. The maximum atomic E-state index is 12.2. The second-order valence-corrected chi connectivity index (χ2v) is 8.37. The van der Waals surface area contributed by atoms with E-state index in [-0.39, 0.29) is 5.91 Å². The lowest BCUT2D eigenvalue weighted by molar-refractivity contribution is -0.111. The molecule has 0 radical (unpaired) electrons. The van der Waals surface area contributed by atoms with E-state index in [0.29, 0.717) is 21.7 Å². The molecule has 0 aliphatic rings. The van der Waals surface area contributed by atoms with Crippen molar-refractivity contribution in [2.45, 2.75) is 10.1 Å². The first-order valence-electron chi connectivity index (χ1n) is 8.49. The van der Waals surface area contributed by atoms with E-state index in [4.69, 9.17) is 21.1 Å². The van der Waals surface area contributed by atoms with Gasteiger partial charge in [0.25, 0.3) is 0 Å². The number of nitrogens with zero attached hydrogens (tertiary/aromatic N) is 2. The summed E-state index contributed by atoms with van der Waals surface area (Å²) in [6, 6.07) is 13.1. The minimum Gasteiger partial charge on any atom is -0.493 e. The summed E-state index contributed by atoms with van der Waals surface area (Å²) >= 11 is 8.85. The van der Waals surface area contributed by atoms with E-state index in [1.54, 1.807) is 32.4 Å². The number of anilines is 1. The lowest BCUT2D eigenvalue weighted by atomic mass is 10.2. The molecule has 0 aliphatic carbocycles. The maximum absolute atomic E-state index is 12.2. The molecule has 6 nitrogen and oxygen atoms in total. The molecule has 0 saturated heterocycles. The minimum atomic E-state index is -0.290. The molecular formula is C20H18ClN3O3S2. The number of aromatic nitrogens is 2. The van der Waals surface area contributed by atoms with Gasteiger partial charge in [0.2, 0.25) is 11.0 Å². The summed E-state index contributed by atoms with van der Waals surface area (Å²) in [6.07, 6.45) is 3.12. The van der Waals surface area contributed by atoms with E-state index in [2.05, 4.69) is 15.5 Å². The first kappa shape index (κ1) is 21.2. The van der Waals surface area contributed by atoms with Gasteiger partial charge in [-0.15, -0.1) is 10.2 Å². The Morgan fingerprint density at radius 2 is 2.00 bits per heavy atom. The molecule has 29 heavy (non-hydrogen) atoms. The van der Waals surface area contributed by atoms with Gasteiger partial charge in [-0.2, -0.15) is 0 Å². The van der Waals surface area contributed by atoms with Crippen LogP contribution in [0.5, 0.6) is 11.5 Å². The van der Waals surface area contributed by atoms with E-state index in [9.17, 15) is 4.79 Å². The van der Waals surface area contributed by atoms with E-state index >= 15 is 0 Å². The van der Waals surface area contributed by atoms with Crippen molar-refractivity contribution in [2.24, 2.45) is 0 Å². The number of amides is 1. The number of methoxy groups -OCH3 is 2. The van der Waals surface area contributed by atoms with Crippen LogP contribution in [0.4, 0.5) is 5.13 Å². The smallest absolute Gasteiger partial charge is 0.250 e. The van der Waals surface area contributed by atoms with Crippen molar-refractivity contribution in [3.63, 3.8) is 0 Å². The average molecular weight is 448 g/mol. The van der Waals surface area contributed by atoms with Gasteiger partial charge in [-0.1, -0.05) is 52.9 Å². The molecule has 0 bridgehead atoms. The Kier molecular flexibility index (Phi) is 7.51. The quantitative estimate of drug-likeness (QED) is 0.292. The standard InChI is InChI=1S/C20H18ClN3O3S2/c1-26-16-8-6-13(11-17(16)27-2)7-9-18(25)22-19-23-24-20(29-19)28-12-14-4-3-5-15(21)10-14/h3-11H,12H2,1-2H3,(H,22,23,25)/b9-7+. The molecular weight excluding hydrogens is 430 g/mol. The Bertz CT molecular complexity index is 1020. The first-order valence-corrected chi connectivity index (χ1v) is 10.7. The Hall–Kier alpha value is -2.55. The molecule has 3 aromatic rings. The minimum absolute atomic E-state index is 0.290. The van der Waals surface area contributed by atoms with Gasteiger partial charge in [-0.05, 0) is 41.5 Å². The first-order chi connectivity index (χ1) is 14.1. The van der Waals surface area contributed by atoms with Gasteiger partial charge in [0.15, 0.2) is 15.8 Å². The third-order valence-corrected chi connectivity index (χ3v) is 6.00. The number of carbonyl (C=O) groups is 1. The fraction of sp³-hybridized carbons (Fsp3) is 0.150. The van der Waals surface area contributed by atoms with Gasteiger partial charge >= 0.3 is 0 Å². The van der Waals surface area contributed by atoms with Crippen molar-refractivity contribution < 1.29 is 14.3 Å². The second kappa shape index (κ2) is 10.3. The van der Waals surface area contributed by atoms with Gasteiger partial charge in [-0.3, -0.25) is 10.1 Å². The Labute approximate surface area is 181 Å². The number of carbonyl (C=O) groups excluding carboxylic acids is 1. The summed E-state index contributed by atoms with van der Waals surface area (Å²) in [5.41, 5.74) is 1.91. The average Bonchev–Trinajstić information content (AvgIpc) is 3.17. The number of hydrogen-bond donors (Lipinski definition) is 1. The topological polar surface area (TPSA) is 73.3 Å². The lowest BCUT2D eigenvalue weighted by Crippen LogP contribution is -2.07. The van der Waals surface area contributed by atoms with Gasteiger partial charge < -0.3 is 9.47 Å². The summed E-state index contributed by atoms with van der Waals surface area (Å²) in [5.74, 6) is 1.66. The van der Waals surface area contributed by atoms with Crippen LogP contribution in [0.2, 0.25) is 5.02 Å². The predicted molar refractivity (Wildman–Crippen MR) is 118 cm³/mol. The van der Waals surface area contributed by atoms with Crippen molar-refractivity contribution in [1.29, 1.82) is 0 Å². The number of nitrogens with one attached hydrogen (secondary N) is 1.